The van der Waals surface area contributed by atoms with Gasteiger partial charge in [0.15, 0.2) is 0 Å². The molecule has 0 aromatic rings. The quantitative estimate of drug-likeness (QED) is 0.547. The van der Waals surface area contributed by atoms with E-state index in [1.54, 1.807) is 0 Å². The molecule has 2 N–H and O–H groups in total. The molecule has 0 saturated carbocycles. The van der Waals surface area contributed by atoms with Crippen LogP contribution in [0.4, 0.5) is 0 Å². The first-order valence-electron chi connectivity index (χ1n) is 3.29. The van der Waals surface area contributed by atoms with E-state index in [1.807, 2.05) is 6.92 Å². The molecule has 3 heteroatoms. The van der Waals surface area contributed by atoms with Crippen LogP contribution in [-0.4, -0.2) is 24.2 Å². The van der Waals surface area contributed by atoms with Gasteiger partial charge in [-0.1, -0.05) is 13.5 Å². The zero-order valence-electron chi connectivity index (χ0n) is 6.18. The second-order valence-corrected chi connectivity index (χ2v) is 1.94. The number of aliphatic hydroxyl groups excluding tert-OH is 1. The number of nitrogens with one attached hydrogen (secondary N) is 1. The van der Waals surface area contributed by atoms with Crippen LogP contribution < -0.4 is 5.32 Å². The van der Waals surface area contributed by atoms with E-state index in [1.165, 1.54) is 0 Å². The molecule has 0 rings (SSSR count). The van der Waals surface area contributed by atoms with Crippen molar-refractivity contribution in [2.24, 2.45) is 0 Å². The monoisotopic (exact) mass is 143 g/mol. The largest absolute Gasteiger partial charge is 0.395 e. The highest BCUT2D eigenvalue weighted by molar-refractivity contribution is 5.92. The van der Waals surface area contributed by atoms with Crippen molar-refractivity contribution in [3.8, 4) is 0 Å². The molecule has 0 atom stereocenters. The molecule has 3 nitrogen and oxygen atoms in total. The standard InChI is InChI=1S/C7H13NO2/c1-3-6(2)7(10)8-4-5-9/h9H,2-5H2,1H3,(H,8,10). The molecule has 0 radical (unpaired) electrons. The summed E-state index contributed by atoms with van der Waals surface area (Å²) in [5.41, 5.74) is 0.549. The van der Waals surface area contributed by atoms with Gasteiger partial charge in [-0.2, -0.15) is 0 Å². The molecule has 0 saturated heterocycles. The fourth-order valence-corrected chi connectivity index (χ4v) is 0.455. The molecule has 0 aliphatic heterocycles. The van der Waals surface area contributed by atoms with Gasteiger partial charge in [0.2, 0.25) is 5.91 Å². The first-order chi connectivity index (χ1) is 4.72. The predicted molar refractivity (Wildman–Crippen MR) is 39.5 cm³/mol. The van der Waals surface area contributed by atoms with Crippen LogP contribution in [0.25, 0.3) is 0 Å². The van der Waals surface area contributed by atoms with Crippen LogP contribution >= 0.6 is 0 Å². The molecule has 10 heavy (non-hydrogen) atoms. The number of hydrogen-bond donors (Lipinski definition) is 2. The van der Waals surface area contributed by atoms with Gasteiger partial charge in [0, 0.05) is 12.1 Å². The van der Waals surface area contributed by atoms with Crippen LogP contribution in [-0.2, 0) is 4.79 Å². The molecule has 0 aliphatic carbocycles. The van der Waals surface area contributed by atoms with E-state index in [4.69, 9.17) is 5.11 Å². The fraction of sp³-hybridized carbons (Fsp3) is 0.571. The first-order valence-corrected chi connectivity index (χ1v) is 3.29. The van der Waals surface area contributed by atoms with Crippen molar-refractivity contribution >= 4 is 5.91 Å². The van der Waals surface area contributed by atoms with Crippen LogP contribution in [0.5, 0.6) is 0 Å². The minimum absolute atomic E-state index is 0.0251. The summed E-state index contributed by atoms with van der Waals surface area (Å²) < 4.78 is 0. The SMILES string of the molecule is C=C(CC)C(=O)NCCO. The Balaban J connectivity index is 3.52. The Hall–Kier alpha value is -0.830. The maximum atomic E-state index is 10.8. The number of rotatable bonds is 4. The Kier molecular flexibility index (Phi) is 4.58. The average Bonchev–Trinajstić information content (AvgIpc) is 1.98. The average molecular weight is 143 g/mol. The summed E-state index contributed by atoms with van der Waals surface area (Å²) in [7, 11) is 0. The third kappa shape index (κ3) is 3.25. The molecule has 0 bridgehead atoms. The lowest BCUT2D eigenvalue weighted by atomic mass is 10.2. The number of hydrogen-bond acceptors (Lipinski definition) is 2. The minimum atomic E-state index is -0.170. The summed E-state index contributed by atoms with van der Waals surface area (Å²) in [6.07, 6.45) is 0.650. The lowest BCUT2D eigenvalue weighted by Gasteiger charge is -2.02. The Labute approximate surface area is 60.7 Å². The molecular weight excluding hydrogens is 130 g/mol. The zero-order valence-corrected chi connectivity index (χ0v) is 6.18. The summed E-state index contributed by atoms with van der Waals surface area (Å²) >= 11 is 0. The molecule has 0 fully saturated rings. The van der Waals surface area contributed by atoms with Crippen LogP contribution in [0.3, 0.4) is 0 Å². The van der Waals surface area contributed by atoms with E-state index >= 15 is 0 Å². The highest BCUT2D eigenvalue weighted by Crippen LogP contribution is 1.94. The van der Waals surface area contributed by atoms with Crippen LogP contribution in [0.2, 0.25) is 0 Å². The Bertz CT molecular complexity index is 132. The van der Waals surface area contributed by atoms with Gasteiger partial charge in [0.05, 0.1) is 6.61 Å². The topological polar surface area (TPSA) is 49.3 Å². The van der Waals surface area contributed by atoms with Crippen LogP contribution in [0, 0.1) is 0 Å². The number of carbonyl (C=O) groups excluding carboxylic acids is 1. The summed E-state index contributed by atoms with van der Waals surface area (Å²) in [5.74, 6) is -0.170. The molecule has 0 aromatic heterocycles. The van der Waals surface area contributed by atoms with Crippen molar-refractivity contribution < 1.29 is 9.90 Å². The van der Waals surface area contributed by atoms with Crippen molar-refractivity contribution in [3.63, 3.8) is 0 Å². The minimum Gasteiger partial charge on any atom is -0.395 e. The Morgan fingerprint density at radius 2 is 2.30 bits per heavy atom. The molecule has 0 aromatic carbocycles. The van der Waals surface area contributed by atoms with Crippen LogP contribution in [0.15, 0.2) is 12.2 Å². The van der Waals surface area contributed by atoms with Gasteiger partial charge < -0.3 is 10.4 Å². The maximum absolute atomic E-state index is 10.8. The van der Waals surface area contributed by atoms with Crippen molar-refractivity contribution in [2.45, 2.75) is 13.3 Å². The molecular formula is C7H13NO2. The zero-order chi connectivity index (χ0) is 7.98. The summed E-state index contributed by atoms with van der Waals surface area (Å²) in [4.78, 5) is 10.8. The summed E-state index contributed by atoms with van der Waals surface area (Å²) in [6.45, 7) is 5.67. The van der Waals surface area contributed by atoms with Crippen molar-refractivity contribution in [2.75, 3.05) is 13.2 Å². The molecule has 58 valence electrons. The lowest BCUT2D eigenvalue weighted by molar-refractivity contribution is -0.117. The highest BCUT2D eigenvalue weighted by Gasteiger charge is 2.01. The first kappa shape index (κ1) is 9.17. The Morgan fingerprint density at radius 1 is 1.70 bits per heavy atom. The summed E-state index contributed by atoms with van der Waals surface area (Å²) in [5, 5.41) is 10.8. The lowest BCUT2D eigenvalue weighted by Crippen LogP contribution is -2.27. The number of carbonyl (C=O) groups is 1. The smallest absolute Gasteiger partial charge is 0.246 e. The predicted octanol–water partition coefficient (Wildman–Crippen LogP) is 0.0611. The van der Waals surface area contributed by atoms with Gasteiger partial charge in [0.25, 0.3) is 0 Å². The van der Waals surface area contributed by atoms with Gasteiger partial charge in [-0.15, -0.1) is 0 Å². The third-order valence-electron chi connectivity index (χ3n) is 1.15. The Morgan fingerprint density at radius 3 is 2.70 bits per heavy atom. The number of amides is 1. The fourth-order valence-electron chi connectivity index (χ4n) is 0.455. The van der Waals surface area contributed by atoms with Gasteiger partial charge >= 0.3 is 0 Å². The third-order valence-corrected chi connectivity index (χ3v) is 1.15. The van der Waals surface area contributed by atoms with Crippen molar-refractivity contribution in [1.82, 2.24) is 5.32 Å². The molecule has 0 spiro atoms. The van der Waals surface area contributed by atoms with Crippen molar-refractivity contribution in [3.05, 3.63) is 12.2 Å². The highest BCUT2D eigenvalue weighted by atomic mass is 16.3. The van der Waals surface area contributed by atoms with E-state index in [2.05, 4.69) is 11.9 Å². The number of aliphatic hydroxyl groups is 1. The van der Waals surface area contributed by atoms with Gasteiger partial charge in [-0.3, -0.25) is 4.79 Å². The normalized spacial score (nSPS) is 9.00. The summed E-state index contributed by atoms with van der Waals surface area (Å²) in [6, 6.07) is 0. The van der Waals surface area contributed by atoms with Crippen molar-refractivity contribution in [1.29, 1.82) is 0 Å². The molecule has 1 amide bonds. The van der Waals surface area contributed by atoms with E-state index in [-0.39, 0.29) is 12.5 Å². The van der Waals surface area contributed by atoms with E-state index in [9.17, 15) is 4.79 Å². The second kappa shape index (κ2) is 4.99. The van der Waals surface area contributed by atoms with Crippen LogP contribution in [0.1, 0.15) is 13.3 Å². The van der Waals surface area contributed by atoms with E-state index < -0.39 is 0 Å². The van der Waals surface area contributed by atoms with Gasteiger partial charge in [-0.05, 0) is 6.42 Å². The second-order valence-electron chi connectivity index (χ2n) is 1.94. The van der Waals surface area contributed by atoms with Gasteiger partial charge in [-0.25, -0.2) is 0 Å². The van der Waals surface area contributed by atoms with E-state index in [0.717, 1.165) is 0 Å². The molecule has 0 heterocycles. The molecule has 0 aliphatic rings. The molecule has 0 unspecified atom stereocenters. The van der Waals surface area contributed by atoms with Gasteiger partial charge in [0.1, 0.15) is 0 Å². The maximum Gasteiger partial charge on any atom is 0.246 e. The van der Waals surface area contributed by atoms with E-state index in [0.29, 0.717) is 18.5 Å².